The third-order valence-electron chi connectivity index (χ3n) is 5.37. The summed E-state index contributed by atoms with van der Waals surface area (Å²) in [5.41, 5.74) is 3.41. The van der Waals surface area contributed by atoms with Crippen molar-refractivity contribution in [3.8, 4) is 11.6 Å². The molecule has 0 N–H and O–H groups in total. The summed E-state index contributed by atoms with van der Waals surface area (Å²) in [5, 5.41) is 1.18. The molecule has 9 heteroatoms. The lowest BCUT2D eigenvalue weighted by Gasteiger charge is -2.28. The van der Waals surface area contributed by atoms with E-state index >= 15 is 0 Å². The second kappa shape index (κ2) is 8.96. The summed E-state index contributed by atoms with van der Waals surface area (Å²) in [7, 11) is -1.80. The molecule has 32 heavy (non-hydrogen) atoms. The predicted octanol–water partition coefficient (Wildman–Crippen LogP) is 2.47. The predicted molar refractivity (Wildman–Crippen MR) is 120 cm³/mol. The van der Waals surface area contributed by atoms with Gasteiger partial charge < -0.3 is 14.2 Å². The van der Waals surface area contributed by atoms with Gasteiger partial charge >= 0.3 is 0 Å². The van der Waals surface area contributed by atoms with E-state index in [1.807, 2.05) is 42.0 Å². The van der Waals surface area contributed by atoms with E-state index in [1.165, 1.54) is 12.5 Å². The van der Waals surface area contributed by atoms with E-state index in [4.69, 9.17) is 4.74 Å². The van der Waals surface area contributed by atoms with Gasteiger partial charge in [-0.25, -0.2) is 13.4 Å². The topological polar surface area (TPSA) is 94.4 Å². The van der Waals surface area contributed by atoms with Gasteiger partial charge in [0.25, 0.3) is 0 Å². The first-order valence-electron chi connectivity index (χ1n) is 10.1. The Labute approximate surface area is 187 Å². The molecule has 1 unspecified atom stereocenters. The number of carbonyl (C=O) groups is 1. The quantitative estimate of drug-likeness (QED) is 0.547. The normalized spacial score (nSPS) is 16.8. The number of hydrogen-bond donors (Lipinski definition) is 0. The van der Waals surface area contributed by atoms with E-state index in [9.17, 15) is 13.2 Å². The molecule has 4 rings (SSSR count). The van der Waals surface area contributed by atoms with Gasteiger partial charge in [0.15, 0.2) is 9.84 Å². The zero-order valence-corrected chi connectivity index (χ0v) is 18.7. The van der Waals surface area contributed by atoms with Crippen LogP contribution >= 0.6 is 0 Å². The first-order valence-corrected chi connectivity index (χ1v) is 11.8. The minimum absolute atomic E-state index is 0.0670. The van der Waals surface area contributed by atoms with Crippen molar-refractivity contribution in [3.05, 3.63) is 83.4 Å². The largest absolute Gasteiger partial charge is 0.481 e. The Bertz CT molecular complexity index is 1250. The number of amides is 1. The molecule has 0 aliphatic carbocycles. The molecule has 0 saturated carbocycles. The fourth-order valence-corrected chi connectivity index (χ4v) is 4.98. The molecule has 3 aromatic heterocycles. The van der Waals surface area contributed by atoms with Crippen LogP contribution in [0.3, 0.4) is 0 Å². The third kappa shape index (κ3) is 4.88. The summed E-state index contributed by atoms with van der Waals surface area (Å²) in [6, 6.07) is 10.7. The highest BCUT2D eigenvalue weighted by Crippen LogP contribution is 2.20. The van der Waals surface area contributed by atoms with Crippen LogP contribution in [0.5, 0.6) is 5.88 Å². The van der Waals surface area contributed by atoms with Crippen molar-refractivity contribution >= 4 is 15.7 Å². The van der Waals surface area contributed by atoms with E-state index in [0.717, 1.165) is 16.9 Å². The SMILES string of the molecule is COc1cc(CN(C(=O)Cc2ccc(-n3cccc3C)cn2)C2C=CS(=O)(=O)C2)ccn1. The first-order chi connectivity index (χ1) is 15.3. The van der Waals surface area contributed by atoms with E-state index in [2.05, 4.69) is 9.97 Å². The number of hydrogen-bond acceptors (Lipinski definition) is 6. The molecule has 0 bridgehead atoms. The fourth-order valence-electron chi connectivity index (χ4n) is 3.68. The number of methoxy groups -OCH3 is 1. The van der Waals surface area contributed by atoms with Gasteiger partial charge in [-0.05, 0) is 48.9 Å². The zero-order chi connectivity index (χ0) is 22.7. The molecule has 166 valence electrons. The summed E-state index contributed by atoms with van der Waals surface area (Å²) < 4.78 is 31.1. The van der Waals surface area contributed by atoms with Crippen LogP contribution in [0.4, 0.5) is 0 Å². The van der Waals surface area contributed by atoms with Crippen LogP contribution in [0.15, 0.2) is 66.5 Å². The van der Waals surface area contributed by atoms with E-state index in [1.54, 1.807) is 35.5 Å². The smallest absolute Gasteiger partial charge is 0.229 e. The Morgan fingerprint density at radius 1 is 1.25 bits per heavy atom. The molecule has 8 nitrogen and oxygen atoms in total. The Morgan fingerprint density at radius 3 is 2.72 bits per heavy atom. The van der Waals surface area contributed by atoms with Crippen LogP contribution in [-0.2, 0) is 27.6 Å². The average Bonchev–Trinajstić information content (AvgIpc) is 3.37. The number of pyridine rings is 2. The Hall–Kier alpha value is -3.46. The van der Waals surface area contributed by atoms with Gasteiger partial charge in [0.1, 0.15) is 0 Å². The molecule has 0 radical (unpaired) electrons. The highest BCUT2D eigenvalue weighted by molar-refractivity contribution is 7.94. The number of nitrogens with zero attached hydrogens (tertiary/aromatic N) is 4. The van der Waals surface area contributed by atoms with Crippen LogP contribution in [0, 0.1) is 6.92 Å². The first kappa shape index (κ1) is 21.8. The fraction of sp³-hybridized carbons (Fsp3) is 0.261. The molecule has 1 atom stereocenters. The monoisotopic (exact) mass is 452 g/mol. The van der Waals surface area contributed by atoms with Gasteiger partial charge in [0, 0.05) is 41.8 Å². The maximum absolute atomic E-state index is 13.2. The number of aromatic nitrogens is 3. The Kier molecular flexibility index (Phi) is 6.09. The van der Waals surface area contributed by atoms with Crippen LogP contribution in [0.25, 0.3) is 5.69 Å². The van der Waals surface area contributed by atoms with Crippen LogP contribution in [-0.4, -0.2) is 52.7 Å². The average molecular weight is 453 g/mol. The number of sulfone groups is 1. The van der Waals surface area contributed by atoms with Gasteiger partial charge in [-0.3, -0.25) is 9.78 Å². The van der Waals surface area contributed by atoms with Crippen molar-refractivity contribution in [1.29, 1.82) is 0 Å². The second-order valence-electron chi connectivity index (χ2n) is 7.66. The summed E-state index contributed by atoms with van der Waals surface area (Å²) in [6.07, 6.45) is 6.92. The summed E-state index contributed by atoms with van der Waals surface area (Å²) in [5.74, 6) is 0.104. The standard InChI is InChI=1S/C23H24N4O4S/c1-17-4-3-10-26(17)20-6-5-19(25-14-20)13-23(28)27(21-8-11-32(29,30)16-21)15-18-7-9-24-22(12-18)31-2/h3-12,14,21H,13,15-16H2,1-2H3. The molecule has 1 aliphatic rings. The summed E-state index contributed by atoms with van der Waals surface area (Å²) in [4.78, 5) is 23.4. The summed E-state index contributed by atoms with van der Waals surface area (Å²) >= 11 is 0. The highest BCUT2D eigenvalue weighted by Gasteiger charge is 2.30. The third-order valence-corrected chi connectivity index (χ3v) is 6.74. The lowest BCUT2D eigenvalue weighted by molar-refractivity contribution is -0.132. The molecule has 3 aromatic rings. The van der Waals surface area contributed by atoms with Gasteiger partial charge in [0.2, 0.25) is 11.8 Å². The lowest BCUT2D eigenvalue weighted by atomic mass is 10.1. The molecule has 0 saturated heterocycles. The van der Waals surface area contributed by atoms with Gasteiger partial charge in [-0.15, -0.1) is 0 Å². The maximum atomic E-state index is 13.2. The number of aryl methyl sites for hydroxylation is 1. The van der Waals surface area contributed by atoms with Crippen molar-refractivity contribution in [3.63, 3.8) is 0 Å². The number of carbonyl (C=O) groups excluding carboxylic acids is 1. The Morgan fingerprint density at radius 2 is 2.09 bits per heavy atom. The van der Waals surface area contributed by atoms with Gasteiger partial charge in [0.05, 0.1) is 37.2 Å². The van der Waals surface area contributed by atoms with Crippen LogP contribution in [0.2, 0.25) is 0 Å². The van der Waals surface area contributed by atoms with Crippen LogP contribution < -0.4 is 4.74 Å². The summed E-state index contributed by atoms with van der Waals surface area (Å²) in [6.45, 7) is 2.25. The molecular formula is C23H24N4O4S. The van der Waals surface area contributed by atoms with E-state index in [0.29, 0.717) is 11.6 Å². The van der Waals surface area contributed by atoms with Crippen molar-refractivity contribution in [1.82, 2.24) is 19.4 Å². The van der Waals surface area contributed by atoms with Crippen molar-refractivity contribution in [2.45, 2.75) is 25.9 Å². The van der Waals surface area contributed by atoms with E-state index < -0.39 is 15.9 Å². The maximum Gasteiger partial charge on any atom is 0.229 e. The minimum atomic E-state index is -3.32. The highest BCUT2D eigenvalue weighted by atomic mass is 32.2. The molecule has 0 spiro atoms. The molecule has 4 heterocycles. The van der Waals surface area contributed by atoms with Crippen molar-refractivity contribution in [2.24, 2.45) is 0 Å². The lowest BCUT2D eigenvalue weighted by Crippen LogP contribution is -2.41. The van der Waals surface area contributed by atoms with Crippen molar-refractivity contribution < 1.29 is 17.9 Å². The minimum Gasteiger partial charge on any atom is -0.481 e. The Balaban J connectivity index is 1.54. The number of rotatable bonds is 7. The van der Waals surface area contributed by atoms with Crippen molar-refractivity contribution in [2.75, 3.05) is 12.9 Å². The number of ether oxygens (including phenoxy) is 1. The van der Waals surface area contributed by atoms with Gasteiger partial charge in [-0.2, -0.15) is 0 Å². The molecule has 0 aromatic carbocycles. The molecular weight excluding hydrogens is 428 g/mol. The molecule has 0 fully saturated rings. The van der Waals surface area contributed by atoms with E-state index in [-0.39, 0.29) is 24.6 Å². The molecule has 1 amide bonds. The second-order valence-corrected chi connectivity index (χ2v) is 9.59. The zero-order valence-electron chi connectivity index (χ0n) is 17.9. The van der Waals surface area contributed by atoms with Gasteiger partial charge in [-0.1, -0.05) is 0 Å². The molecule has 1 aliphatic heterocycles. The van der Waals surface area contributed by atoms with Crippen LogP contribution in [0.1, 0.15) is 17.0 Å².